The molecule has 2 N–H and O–H groups in total. The van der Waals surface area contributed by atoms with Crippen LogP contribution < -0.4 is 10.6 Å². The molecule has 0 bridgehead atoms. The Morgan fingerprint density at radius 3 is 2.57 bits per heavy atom. The zero-order chi connectivity index (χ0) is 15.1. The van der Waals surface area contributed by atoms with Crippen LogP contribution in [-0.2, 0) is 0 Å². The van der Waals surface area contributed by atoms with E-state index < -0.39 is 0 Å². The highest BCUT2D eigenvalue weighted by atomic mass is 16.3. The number of guanidine groups is 1. The number of nitrogens with one attached hydrogen (secondary N) is 2. The molecule has 118 valence electrons. The quantitative estimate of drug-likeness (QED) is 0.624. The van der Waals surface area contributed by atoms with E-state index in [1.165, 1.54) is 12.8 Å². The molecule has 1 atom stereocenters. The molecule has 1 unspecified atom stereocenters. The van der Waals surface area contributed by atoms with Crippen LogP contribution >= 0.6 is 0 Å². The highest BCUT2D eigenvalue weighted by molar-refractivity contribution is 5.79. The number of aliphatic imine (C=N–C) groups is 1. The Kier molecular flexibility index (Phi) is 6.11. The molecule has 1 fully saturated rings. The first-order valence-electron chi connectivity index (χ1n) is 7.92. The summed E-state index contributed by atoms with van der Waals surface area (Å²) in [4.78, 5) is 6.77. The molecule has 1 aliphatic heterocycles. The minimum absolute atomic E-state index is 0.278. The van der Waals surface area contributed by atoms with E-state index in [1.54, 1.807) is 6.26 Å². The predicted molar refractivity (Wildman–Crippen MR) is 86.5 cm³/mol. The van der Waals surface area contributed by atoms with Crippen LogP contribution in [0.15, 0.2) is 27.8 Å². The largest absolute Gasteiger partial charge is 0.468 e. The lowest BCUT2D eigenvalue weighted by atomic mass is 10.2. The summed E-state index contributed by atoms with van der Waals surface area (Å²) in [6.45, 7) is 8.41. The first-order valence-corrected chi connectivity index (χ1v) is 7.92. The molecule has 1 saturated heterocycles. The van der Waals surface area contributed by atoms with E-state index in [0.717, 1.165) is 37.9 Å². The van der Waals surface area contributed by atoms with Crippen LogP contribution in [0, 0.1) is 5.92 Å². The predicted octanol–water partition coefficient (Wildman–Crippen LogP) is 2.24. The fourth-order valence-electron chi connectivity index (χ4n) is 2.66. The Balaban J connectivity index is 1.92. The maximum absolute atomic E-state index is 5.63. The van der Waals surface area contributed by atoms with E-state index in [-0.39, 0.29) is 6.04 Å². The fraction of sp³-hybridized carbons (Fsp3) is 0.688. The van der Waals surface area contributed by atoms with Crippen molar-refractivity contribution >= 4 is 5.96 Å². The Labute approximate surface area is 127 Å². The monoisotopic (exact) mass is 292 g/mol. The van der Waals surface area contributed by atoms with E-state index in [2.05, 4.69) is 40.4 Å². The summed E-state index contributed by atoms with van der Waals surface area (Å²) >= 11 is 0. The molecule has 0 aliphatic carbocycles. The van der Waals surface area contributed by atoms with Gasteiger partial charge in [-0.05, 0) is 44.0 Å². The Bertz CT molecular complexity index is 421. The molecule has 5 nitrogen and oxygen atoms in total. The summed E-state index contributed by atoms with van der Waals surface area (Å²) in [5.74, 6) is 2.49. The molecule has 0 aromatic carbocycles. The van der Waals surface area contributed by atoms with Crippen LogP contribution in [0.4, 0.5) is 0 Å². The van der Waals surface area contributed by atoms with Gasteiger partial charge in [0.2, 0.25) is 0 Å². The van der Waals surface area contributed by atoms with Crippen molar-refractivity contribution in [3.8, 4) is 0 Å². The van der Waals surface area contributed by atoms with Crippen molar-refractivity contribution in [1.82, 2.24) is 15.5 Å². The lowest BCUT2D eigenvalue weighted by molar-refractivity contribution is 0.215. The number of furan rings is 1. The van der Waals surface area contributed by atoms with Crippen LogP contribution in [0.25, 0.3) is 0 Å². The van der Waals surface area contributed by atoms with Gasteiger partial charge in [-0.1, -0.05) is 13.8 Å². The molecule has 1 aromatic rings. The maximum atomic E-state index is 5.63. The number of rotatable bonds is 6. The number of likely N-dealkylation sites (tertiary alicyclic amines) is 1. The third kappa shape index (κ3) is 4.77. The van der Waals surface area contributed by atoms with Gasteiger partial charge in [0.05, 0.1) is 12.3 Å². The van der Waals surface area contributed by atoms with Gasteiger partial charge in [0.15, 0.2) is 5.96 Å². The van der Waals surface area contributed by atoms with Gasteiger partial charge in [0, 0.05) is 20.1 Å². The van der Waals surface area contributed by atoms with E-state index in [0.29, 0.717) is 5.92 Å². The molecular weight excluding hydrogens is 264 g/mol. The first kappa shape index (κ1) is 15.9. The standard InChI is InChI=1S/C16H28N4O/c1-13(2)11-18-16(17-3)19-12-14(15-7-6-10-21-15)20-8-4-5-9-20/h6-7,10,13-14H,4-5,8-9,11-12H2,1-3H3,(H2,17,18,19). The average Bonchev–Trinajstić information content (AvgIpc) is 3.15. The molecule has 0 radical (unpaired) electrons. The first-order chi connectivity index (χ1) is 10.2. The van der Waals surface area contributed by atoms with Crippen LogP contribution in [0.3, 0.4) is 0 Å². The Hall–Kier alpha value is -1.49. The van der Waals surface area contributed by atoms with Gasteiger partial charge >= 0.3 is 0 Å². The molecule has 0 spiro atoms. The van der Waals surface area contributed by atoms with Gasteiger partial charge in [-0.2, -0.15) is 0 Å². The summed E-state index contributed by atoms with van der Waals surface area (Å²) in [6, 6.07) is 4.30. The minimum atomic E-state index is 0.278. The third-order valence-electron chi connectivity index (χ3n) is 3.82. The molecule has 2 rings (SSSR count). The van der Waals surface area contributed by atoms with Crippen molar-refractivity contribution in [2.75, 3.05) is 33.2 Å². The molecule has 5 heteroatoms. The second-order valence-corrected chi connectivity index (χ2v) is 6.00. The van der Waals surface area contributed by atoms with E-state index >= 15 is 0 Å². The Morgan fingerprint density at radius 2 is 2.00 bits per heavy atom. The lowest BCUT2D eigenvalue weighted by Gasteiger charge is -2.26. The number of hydrogen-bond donors (Lipinski definition) is 2. The van der Waals surface area contributed by atoms with Crippen molar-refractivity contribution in [2.45, 2.75) is 32.7 Å². The van der Waals surface area contributed by atoms with Crippen molar-refractivity contribution in [3.05, 3.63) is 24.2 Å². The van der Waals surface area contributed by atoms with E-state index in [4.69, 9.17) is 4.42 Å². The van der Waals surface area contributed by atoms with Gasteiger partial charge in [0.1, 0.15) is 5.76 Å². The second-order valence-electron chi connectivity index (χ2n) is 6.00. The molecule has 0 saturated carbocycles. The van der Waals surface area contributed by atoms with Gasteiger partial charge in [-0.25, -0.2) is 0 Å². The van der Waals surface area contributed by atoms with Crippen LogP contribution in [0.5, 0.6) is 0 Å². The van der Waals surface area contributed by atoms with Gasteiger partial charge in [-0.15, -0.1) is 0 Å². The fourth-order valence-corrected chi connectivity index (χ4v) is 2.66. The van der Waals surface area contributed by atoms with Gasteiger partial charge in [-0.3, -0.25) is 9.89 Å². The van der Waals surface area contributed by atoms with Crippen LogP contribution in [0.2, 0.25) is 0 Å². The summed E-state index contributed by atoms with van der Waals surface area (Å²) in [5.41, 5.74) is 0. The molecule has 1 aliphatic rings. The lowest BCUT2D eigenvalue weighted by Crippen LogP contribution is -2.43. The highest BCUT2D eigenvalue weighted by Crippen LogP contribution is 2.24. The smallest absolute Gasteiger partial charge is 0.191 e. The van der Waals surface area contributed by atoms with Crippen molar-refractivity contribution in [3.63, 3.8) is 0 Å². The normalized spacial score (nSPS) is 18.2. The summed E-state index contributed by atoms with van der Waals surface area (Å²) in [6.07, 6.45) is 4.30. The molecular formula is C16H28N4O. The minimum Gasteiger partial charge on any atom is -0.468 e. The maximum Gasteiger partial charge on any atom is 0.191 e. The summed E-state index contributed by atoms with van der Waals surface area (Å²) in [7, 11) is 1.81. The number of hydrogen-bond acceptors (Lipinski definition) is 3. The number of nitrogens with zero attached hydrogens (tertiary/aromatic N) is 2. The van der Waals surface area contributed by atoms with Crippen LogP contribution in [-0.4, -0.2) is 44.1 Å². The topological polar surface area (TPSA) is 52.8 Å². The summed E-state index contributed by atoms with van der Waals surface area (Å²) in [5, 5.41) is 6.78. The molecule has 21 heavy (non-hydrogen) atoms. The zero-order valence-electron chi connectivity index (χ0n) is 13.4. The average molecular weight is 292 g/mol. The van der Waals surface area contributed by atoms with Crippen LogP contribution in [0.1, 0.15) is 38.5 Å². The molecule has 1 aromatic heterocycles. The van der Waals surface area contributed by atoms with Crippen molar-refractivity contribution < 1.29 is 4.42 Å². The third-order valence-corrected chi connectivity index (χ3v) is 3.82. The van der Waals surface area contributed by atoms with Gasteiger partial charge < -0.3 is 15.1 Å². The van der Waals surface area contributed by atoms with E-state index in [1.807, 2.05) is 13.1 Å². The van der Waals surface area contributed by atoms with E-state index in [9.17, 15) is 0 Å². The van der Waals surface area contributed by atoms with Gasteiger partial charge in [0.25, 0.3) is 0 Å². The molecule has 2 heterocycles. The molecule has 0 amide bonds. The van der Waals surface area contributed by atoms with Crippen molar-refractivity contribution in [1.29, 1.82) is 0 Å². The second kappa shape index (κ2) is 8.08. The summed E-state index contributed by atoms with van der Waals surface area (Å²) < 4.78 is 5.63. The Morgan fingerprint density at radius 1 is 1.29 bits per heavy atom. The zero-order valence-corrected chi connectivity index (χ0v) is 13.4. The highest BCUT2D eigenvalue weighted by Gasteiger charge is 2.25. The van der Waals surface area contributed by atoms with Crippen molar-refractivity contribution in [2.24, 2.45) is 10.9 Å². The SMILES string of the molecule is CN=C(NCC(C)C)NCC(c1ccco1)N1CCCC1.